The lowest BCUT2D eigenvalue weighted by atomic mass is 10.1. The van der Waals surface area contributed by atoms with E-state index in [1.54, 1.807) is 0 Å². The Hall–Kier alpha value is -3.12. The van der Waals surface area contributed by atoms with Crippen molar-refractivity contribution in [2.24, 2.45) is 0 Å². The molecule has 29 heavy (non-hydrogen) atoms. The first-order valence-corrected chi connectivity index (χ1v) is 10.00. The molecule has 0 saturated carbocycles. The van der Waals surface area contributed by atoms with Crippen molar-refractivity contribution in [1.29, 1.82) is 0 Å². The lowest BCUT2D eigenvalue weighted by molar-refractivity contribution is -0.132. The minimum absolute atomic E-state index is 0.0568. The average molecular weight is 391 g/mol. The molecule has 0 aliphatic carbocycles. The number of para-hydroxylation sites is 1. The molecule has 6 nitrogen and oxygen atoms in total. The molecule has 1 amide bonds. The van der Waals surface area contributed by atoms with Gasteiger partial charge >= 0.3 is 0 Å². The molecule has 1 saturated heterocycles. The molecule has 0 bridgehead atoms. The van der Waals surface area contributed by atoms with E-state index in [-0.39, 0.29) is 12.5 Å². The molecule has 2 heterocycles. The van der Waals surface area contributed by atoms with E-state index in [0.717, 1.165) is 54.3 Å². The van der Waals surface area contributed by atoms with E-state index < -0.39 is 0 Å². The minimum atomic E-state index is 0.0568. The number of carbonyl (C=O) groups is 1. The van der Waals surface area contributed by atoms with Gasteiger partial charge in [-0.25, -0.2) is 0 Å². The summed E-state index contributed by atoms with van der Waals surface area (Å²) in [6.45, 7) is 2.96. The van der Waals surface area contributed by atoms with Crippen LogP contribution in [-0.4, -0.2) is 35.7 Å². The highest BCUT2D eigenvalue weighted by Gasteiger charge is 2.18. The summed E-state index contributed by atoms with van der Waals surface area (Å²) in [5.74, 6) is 1.55. The van der Waals surface area contributed by atoms with Crippen molar-refractivity contribution in [1.82, 2.24) is 15.4 Å². The Kier molecular flexibility index (Phi) is 6.22. The number of nitrogens with zero attached hydrogens (tertiary/aromatic N) is 2. The smallest absolute Gasteiger partial charge is 0.260 e. The topological polar surface area (TPSA) is 67.6 Å². The van der Waals surface area contributed by atoms with Gasteiger partial charge < -0.3 is 19.5 Å². The third-order valence-electron chi connectivity index (χ3n) is 5.02. The number of benzene rings is 2. The highest BCUT2D eigenvalue weighted by molar-refractivity contribution is 5.78. The molecule has 4 rings (SSSR count). The number of aromatic nitrogens is 1. The van der Waals surface area contributed by atoms with Crippen LogP contribution in [0.5, 0.6) is 5.75 Å². The van der Waals surface area contributed by atoms with Crippen LogP contribution >= 0.6 is 0 Å². The number of hydrogen-bond donors (Lipinski definition) is 1. The largest absolute Gasteiger partial charge is 0.483 e. The predicted molar refractivity (Wildman–Crippen MR) is 110 cm³/mol. The molecule has 0 atom stereocenters. The summed E-state index contributed by atoms with van der Waals surface area (Å²) in [4.78, 5) is 14.1. The van der Waals surface area contributed by atoms with Crippen LogP contribution in [0.2, 0.25) is 0 Å². The molecule has 0 radical (unpaired) electrons. The van der Waals surface area contributed by atoms with Gasteiger partial charge in [0.15, 0.2) is 12.4 Å². The molecule has 0 unspecified atom stereocenters. The molecule has 2 aromatic carbocycles. The van der Waals surface area contributed by atoms with E-state index >= 15 is 0 Å². The van der Waals surface area contributed by atoms with Gasteiger partial charge in [-0.05, 0) is 18.9 Å². The molecule has 150 valence electrons. The van der Waals surface area contributed by atoms with Crippen LogP contribution in [0.3, 0.4) is 0 Å². The number of nitrogens with one attached hydrogen (secondary N) is 1. The van der Waals surface area contributed by atoms with E-state index in [9.17, 15) is 4.79 Å². The number of amides is 1. The van der Waals surface area contributed by atoms with Crippen molar-refractivity contribution in [2.75, 3.05) is 19.7 Å². The van der Waals surface area contributed by atoms with Crippen LogP contribution < -0.4 is 10.1 Å². The van der Waals surface area contributed by atoms with Gasteiger partial charge in [0.1, 0.15) is 5.75 Å². The molecule has 1 N–H and O–H groups in total. The first kappa shape index (κ1) is 19.2. The summed E-state index contributed by atoms with van der Waals surface area (Å²) in [6.07, 6.45) is 2.17. The van der Waals surface area contributed by atoms with Crippen molar-refractivity contribution < 1.29 is 14.1 Å². The fourth-order valence-electron chi connectivity index (χ4n) is 3.45. The average Bonchev–Trinajstić information content (AvgIpc) is 3.46. The van der Waals surface area contributed by atoms with E-state index in [1.807, 2.05) is 65.6 Å². The van der Waals surface area contributed by atoms with Crippen molar-refractivity contribution in [3.05, 3.63) is 71.9 Å². The molecule has 3 aromatic rings. The quantitative estimate of drug-likeness (QED) is 0.635. The molecule has 1 aliphatic rings. The number of ether oxygens (including phenoxy) is 1. The van der Waals surface area contributed by atoms with E-state index in [1.165, 1.54) is 0 Å². The summed E-state index contributed by atoms with van der Waals surface area (Å²) in [5.41, 5.74) is 2.85. The van der Waals surface area contributed by atoms with Gasteiger partial charge in [-0.1, -0.05) is 53.7 Å². The highest BCUT2D eigenvalue weighted by atomic mass is 16.5. The van der Waals surface area contributed by atoms with E-state index in [0.29, 0.717) is 13.1 Å². The number of likely N-dealkylation sites (tertiary alicyclic amines) is 1. The van der Waals surface area contributed by atoms with Crippen LogP contribution in [0.25, 0.3) is 11.3 Å². The molecular formula is C23H25N3O3. The van der Waals surface area contributed by atoms with Crippen molar-refractivity contribution in [3.8, 4) is 17.1 Å². The third-order valence-corrected chi connectivity index (χ3v) is 5.02. The van der Waals surface area contributed by atoms with Crippen molar-refractivity contribution in [3.63, 3.8) is 0 Å². The van der Waals surface area contributed by atoms with Crippen LogP contribution in [0, 0.1) is 0 Å². The fourth-order valence-corrected chi connectivity index (χ4v) is 3.45. The Balaban J connectivity index is 1.30. The van der Waals surface area contributed by atoms with Gasteiger partial charge in [-0.3, -0.25) is 4.79 Å². The maximum absolute atomic E-state index is 12.2. The SMILES string of the molecule is O=C(COc1ccccc1CNCc1cc(-c2ccccc2)on1)N1CCCC1. The summed E-state index contributed by atoms with van der Waals surface area (Å²) >= 11 is 0. The fraction of sp³-hybridized carbons (Fsp3) is 0.304. The molecular weight excluding hydrogens is 366 g/mol. The molecule has 1 aliphatic heterocycles. The second-order valence-electron chi connectivity index (χ2n) is 7.14. The Morgan fingerprint density at radius 3 is 2.62 bits per heavy atom. The van der Waals surface area contributed by atoms with Crippen LogP contribution in [0.15, 0.2) is 65.2 Å². The normalized spacial score (nSPS) is 13.6. The first-order chi connectivity index (χ1) is 14.3. The zero-order valence-corrected chi connectivity index (χ0v) is 16.3. The maximum Gasteiger partial charge on any atom is 0.260 e. The Labute approximate surface area is 170 Å². The monoisotopic (exact) mass is 391 g/mol. The molecule has 1 aromatic heterocycles. The van der Waals surface area contributed by atoms with Gasteiger partial charge in [0, 0.05) is 43.4 Å². The molecule has 1 fully saturated rings. The second kappa shape index (κ2) is 9.39. The zero-order chi connectivity index (χ0) is 19.9. The Bertz CT molecular complexity index is 933. The number of hydrogen-bond acceptors (Lipinski definition) is 5. The summed E-state index contributed by atoms with van der Waals surface area (Å²) in [6, 6.07) is 19.6. The standard InChI is InChI=1S/C23H25N3O3/c27-23(26-12-6-7-13-26)17-28-21-11-5-4-10-19(21)15-24-16-20-14-22(29-25-20)18-8-2-1-3-9-18/h1-5,8-11,14,24H,6-7,12-13,15-17H2. The zero-order valence-electron chi connectivity index (χ0n) is 16.3. The summed E-state index contributed by atoms with van der Waals surface area (Å²) < 4.78 is 11.2. The third kappa shape index (κ3) is 5.03. The van der Waals surface area contributed by atoms with Gasteiger partial charge in [-0.15, -0.1) is 0 Å². The summed E-state index contributed by atoms with van der Waals surface area (Å²) in [7, 11) is 0. The maximum atomic E-state index is 12.2. The van der Waals surface area contributed by atoms with Gasteiger partial charge in [-0.2, -0.15) is 0 Å². The lowest BCUT2D eigenvalue weighted by Crippen LogP contribution is -2.32. The highest BCUT2D eigenvalue weighted by Crippen LogP contribution is 2.21. The lowest BCUT2D eigenvalue weighted by Gasteiger charge is -2.17. The van der Waals surface area contributed by atoms with E-state index in [4.69, 9.17) is 9.26 Å². The molecule has 0 spiro atoms. The minimum Gasteiger partial charge on any atom is -0.483 e. The van der Waals surface area contributed by atoms with Gasteiger partial charge in [0.2, 0.25) is 0 Å². The van der Waals surface area contributed by atoms with Crippen LogP contribution in [0.1, 0.15) is 24.1 Å². The van der Waals surface area contributed by atoms with Crippen molar-refractivity contribution in [2.45, 2.75) is 25.9 Å². The number of carbonyl (C=O) groups excluding carboxylic acids is 1. The van der Waals surface area contributed by atoms with Crippen molar-refractivity contribution >= 4 is 5.91 Å². The number of rotatable bonds is 8. The predicted octanol–water partition coefficient (Wildman–Crippen LogP) is 3.63. The first-order valence-electron chi connectivity index (χ1n) is 10.00. The Morgan fingerprint density at radius 2 is 1.79 bits per heavy atom. The van der Waals surface area contributed by atoms with Gasteiger partial charge in [0.25, 0.3) is 5.91 Å². The summed E-state index contributed by atoms with van der Waals surface area (Å²) in [5, 5.41) is 7.50. The van der Waals surface area contributed by atoms with Gasteiger partial charge in [0.05, 0.1) is 5.69 Å². The van der Waals surface area contributed by atoms with Crippen LogP contribution in [-0.2, 0) is 17.9 Å². The molecule has 6 heteroatoms. The second-order valence-corrected chi connectivity index (χ2v) is 7.14. The van der Waals surface area contributed by atoms with E-state index in [2.05, 4.69) is 10.5 Å². The van der Waals surface area contributed by atoms with Crippen LogP contribution in [0.4, 0.5) is 0 Å². The Morgan fingerprint density at radius 1 is 1.03 bits per heavy atom.